The average molecular weight is 280 g/mol. The van der Waals surface area contributed by atoms with E-state index in [1.807, 2.05) is 0 Å². The van der Waals surface area contributed by atoms with E-state index in [0.29, 0.717) is 25.0 Å². The average Bonchev–Trinajstić information content (AvgIpc) is 2.64. The van der Waals surface area contributed by atoms with Crippen LogP contribution in [-0.4, -0.2) is 0 Å². The highest BCUT2D eigenvalue weighted by Gasteiger charge is 2.16. The second-order valence-corrected chi connectivity index (χ2v) is 6.64. The van der Waals surface area contributed by atoms with Crippen LogP contribution >= 0.6 is 0 Å². The Labute approximate surface area is 128 Å². The molecule has 21 heavy (non-hydrogen) atoms. The van der Waals surface area contributed by atoms with E-state index in [1.165, 1.54) is 33.4 Å². The standard InChI is InChI=1S/C20H24O/c1-13(2)15-5-7-19-17(9-15)11-21-12-18-10-16(14(3)4)6-8-20(18)19/h5-10,13-14H,11-12H2,1-4H3. The molecule has 0 amide bonds. The Kier molecular flexibility index (Phi) is 3.86. The fourth-order valence-corrected chi connectivity index (χ4v) is 2.98. The number of hydrogen-bond acceptors (Lipinski definition) is 1. The van der Waals surface area contributed by atoms with E-state index in [4.69, 9.17) is 4.74 Å². The fraction of sp³-hybridized carbons (Fsp3) is 0.400. The van der Waals surface area contributed by atoms with Gasteiger partial charge in [-0.3, -0.25) is 0 Å². The van der Waals surface area contributed by atoms with Gasteiger partial charge in [0.15, 0.2) is 0 Å². The molecule has 2 aromatic rings. The Morgan fingerprint density at radius 3 is 1.52 bits per heavy atom. The molecule has 1 nitrogen and oxygen atoms in total. The second kappa shape index (κ2) is 5.65. The quantitative estimate of drug-likeness (QED) is 0.692. The van der Waals surface area contributed by atoms with Crippen molar-refractivity contribution in [3.05, 3.63) is 58.7 Å². The molecule has 110 valence electrons. The molecule has 2 aromatic carbocycles. The van der Waals surface area contributed by atoms with E-state index in [9.17, 15) is 0 Å². The predicted molar refractivity (Wildman–Crippen MR) is 88.5 cm³/mol. The van der Waals surface area contributed by atoms with Crippen molar-refractivity contribution in [1.29, 1.82) is 0 Å². The van der Waals surface area contributed by atoms with Crippen LogP contribution in [0.15, 0.2) is 36.4 Å². The van der Waals surface area contributed by atoms with Gasteiger partial charge in [0.1, 0.15) is 0 Å². The zero-order chi connectivity index (χ0) is 15.0. The van der Waals surface area contributed by atoms with E-state index < -0.39 is 0 Å². The Bertz CT molecular complexity index is 595. The van der Waals surface area contributed by atoms with Crippen LogP contribution in [-0.2, 0) is 18.0 Å². The molecule has 0 atom stereocenters. The molecule has 0 aromatic heterocycles. The van der Waals surface area contributed by atoms with Crippen molar-refractivity contribution in [1.82, 2.24) is 0 Å². The first kappa shape index (κ1) is 14.3. The summed E-state index contributed by atoms with van der Waals surface area (Å²) in [5, 5.41) is 0. The van der Waals surface area contributed by atoms with Crippen molar-refractivity contribution in [2.45, 2.75) is 52.7 Å². The minimum atomic E-state index is 0.557. The molecule has 3 rings (SSSR count). The van der Waals surface area contributed by atoms with Crippen LogP contribution in [0.1, 0.15) is 61.8 Å². The highest BCUT2D eigenvalue weighted by atomic mass is 16.5. The van der Waals surface area contributed by atoms with Gasteiger partial charge in [0.2, 0.25) is 0 Å². The fourth-order valence-electron chi connectivity index (χ4n) is 2.98. The highest BCUT2D eigenvalue weighted by Crippen LogP contribution is 2.34. The zero-order valence-electron chi connectivity index (χ0n) is 13.4. The molecule has 0 fully saturated rings. The molecular weight excluding hydrogens is 256 g/mol. The van der Waals surface area contributed by atoms with Crippen molar-refractivity contribution >= 4 is 0 Å². The molecule has 0 unspecified atom stereocenters. The lowest BCUT2D eigenvalue weighted by atomic mass is 9.90. The van der Waals surface area contributed by atoms with Crippen LogP contribution in [0.5, 0.6) is 0 Å². The summed E-state index contributed by atoms with van der Waals surface area (Å²) < 4.78 is 5.92. The summed E-state index contributed by atoms with van der Waals surface area (Å²) in [6.45, 7) is 10.4. The molecular formula is C20H24O. The molecule has 1 heterocycles. The Morgan fingerprint density at radius 1 is 0.714 bits per heavy atom. The third kappa shape index (κ3) is 2.75. The van der Waals surface area contributed by atoms with Crippen molar-refractivity contribution < 1.29 is 4.74 Å². The summed E-state index contributed by atoms with van der Waals surface area (Å²) in [5.41, 5.74) is 8.08. The van der Waals surface area contributed by atoms with Crippen LogP contribution in [0.2, 0.25) is 0 Å². The normalized spacial score (nSPS) is 14.0. The van der Waals surface area contributed by atoms with Crippen LogP contribution in [0.4, 0.5) is 0 Å². The first-order valence-electron chi connectivity index (χ1n) is 7.90. The second-order valence-electron chi connectivity index (χ2n) is 6.64. The van der Waals surface area contributed by atoms with E-state index in [2.05, 4.69) is 64.1 Å². The number of benzene rings is 2. The van der Waals surface area contributed by atoms with E-state index in [-0.39, 0.29) is 0 Å². The number of fused-ring (bicyclic) bond motifs is 3. The van der Waals surface area contributed by atoms with Gasteiger partial charge < -0.3 is 4.74 Å². The molecule has 1 heteroatoms. The topological polar surface area (TPSA) is 9.23 Å². The number of hydrogen-bond donors (Lipinski definition) is 0. The maximum absolute atomic E-state index is 5.92. The van der Waals surface area contributed by atoms with Gasteiger partial charge in [-0.05, 0) is 45.2 Å². The number of rotatable bonds is 2. The lowest BCUT2D eigenvalue weighted by Gasteiger charge is -2.14. The zero-order valence-corrected chi connectivity index (χ0v) is 13.4. The molecule has 0 saturated heterocycles. The Morgan fingerprint density at radius 2 is 1.14 bits per heavy atom. The van der Waals surface area contributed by atoms with Crippen LogP contribution < -0.4 is 0 Å². The molecule has 0 saturated carbocycles. The molecule has 1 aliphatic rings. The van der Waals surface area contributed by atoms with Crippen LogP contribution in [0, 0.1) is 0 Å². The van der Waals surface area contributed by atoms with Gasteiger partial charge in [0.25, 0.3) is 0 Å². The summed E-state index contributed by atoms with van der Waals surface area (Å²) in [6, 6.07) is 13.7. The van der Waals surface area contributed by atoms with Crippen molar-refractivity contribution in [2.75, 3.05) is 0 Å². The summed E-state index contributed by atoms with van der Waals surface area (Å²) in [6.07, 6.45) is 0. The largest absolute Gasteiger partial charge is 0.372 e. The Hall–Kier alpha value is -1.60. The molecule has 0 N–H and O–H groups in total. The van der Waals surface area contributed by atoms with E-state index >= 15 is 0 Å². The van der Waals surface area contributed by atoms with Gasteiger partial charge in [0.05, 0.1) is 13.2 Å². The summed E-state index contributed by atoms with van der Waals surface area (Å²) in [4.78, 5) is 0. The van der Waals surface area contributed by atoms with Crippen LogP contribution in [0.25, 0.3) is 11.1 Å². The molecule has 0 radical (unpaired) electrons. The van der Waals surface area contributed by atoms with Gasteiger partial charge in [-0.25, -0.2) is 0 Å². The maximum Gasteiger partial charge on any atom is 0.0727 e. The van der Waals surface area contributed by atoms with Crippen molar-refractivity contribution in [3.63, 3.8) is 0 Å². The van der Waals surface area contributed by atoms with E-state index in [0.717, 1.165) is 0 Å². The first-order chi connectivity index (χ1) is 10.1. The van der Waals surface area contributed by atoms with E-state index in [1.54, 1.807) is 0 Å². The smallest absolute Gasteiger partial charge is 0.0727 e. The van der Waals surface area contributed by atoms with Crippen molar-refractivity contribution in [2.24, 2.45) is 0 Å². The highest BCUT2D eigenvalue weighted by molar-refractivity contribution is 5.72. The van der Waals surface area contributed by atoms with Crippen molar-refractivity contribution in [3.8, 4) is 11.1 Å². The molecule has 0 aliphatic carbocycles. The van der Waals surface area contributed by atoms with Crippen LogP contribution in [0.3, 0.4) is 0 Å². The summed E-state index contributed by atoms with van der Waals surface area (Å²) >= 11 is 0. The third-order valence-electron chi connectivity index (χ3n) is 4.40. The predicted octanol–water partition coefficient (Wildman–Crippen LogP) is 5.63. The number of ether oxygens (including phenoxy) is 1. The molecule has 0 spiro atoms. The maximum atomic E-state index is 5.92. The first-order valence-corrected chi connectivity index (χ1v) is 7.90. The summed E-state index contributed by atoms with van der Waals surface area (Å²) in [5.74, 6) is 1.11. The SMILES string of the molecule is CC(C)c1ccc2c(c1)COCc1cc(C(C)C)ccc1-2. The summed E-state index contributed by atoms with van der Waals surface area (Å²) in [7, 11) is 0. The lowest BCUT2D eigenvalue weighted by molar-refractivity contribution is 0.109. The minimum Gasteiger partial charge on any atom is -0.372 e. The molecule has 0 bridgehead atoms. The van der Waals surface area contributed by atoms with Gasteiger partial charge in [-0.15, -0.1) is 0 Å². The van der Waals surface area contributed by atoms with Gasteiger partial charge in [0, 0.05) is 0 Å². The monoisotopic (exact) mass is 280 g/mol. The van der Waals surface area contributed by atoms with Gasteiger partial charge >= 0.3 is 0 Å². The minimum absolute atomic E-state index is 0.557. The Balaban J connectivity index is 2.11. The molecule has 1 aliphatic heterocycles. The van der Waals surface area contributed by atoms with Gasteiger partial charge in [-0.2, -0.15) is 0 Å². The van der Waals surface area contributed by atoms with Gasteiger partial charge in [-0.1, -0.05) is 64.1 Å². The lowest BCUT2D eigenvalue weighted by Crippen LogP contribution is -1.94. The third-order valence-corrected chi connectivity index (χ3v) is 4.40.